The summed E-state index contributed by atoms with van der Waals surface area (Å²) in [4.78, 5) is 13.7. The van der Waals surface area contributed by atoms with Crippen LogP contribution < -0.4 is 0 Å². The number of hydrogen-bond donors (Lipinski definition) is 1. The Balaban J connectivity index is 2.61. The van der Waals surface area contributed by atoms with Gasteiger partial charge in [0.05, 0.1) is 0 Å². The largest absolute Gasteiger partial charge is 0.480 e. The smallest absolute Gasteiger partial charge is 0.320 e. The third-order valence-corrected chi connectivity index (χ3v) is 4.01. The first-order chi connectivity index (χ1) is 6.52. The molecule has 0 radical (unpaired) electrons. The van der Waals surface area contributed by atoms with Gasteiger partial charge in [-0.3, -0.25) is 9.69 Å². The van der Waals surface area contributed by atoms with Gasteiger partial charge in [-0.05, 0) is 41.3 Å². The third kappa shape index (κ3) is 2.80. The molecule has 1 N–H and O–H groups in total. The summed E-state index contributed by atoms with van der Waals surface area (Å²) in [5.41, 5.74) is 0. The van der Waals surface area contributed by atoms with E-state index >= 15 is 0 Å². The summed E-state index contributed by atoms with van der Waals surface area (Å²) in [5, 5.41) is 10.8. The van der Waals surface area contributed by atoms with Crippen molar-refractivity contribution in [2.45, 2.75) is 19.5 Å². The first-order valence-electron chi connectivity index (χ1n) is 4.17. The van der Waals surface area contributed by atoms with Gasteiger partial charge in [-0.25, -0.2) is 0 Å². The molecular formula is C9H12BrNO2S. The van der Waals surface area contributed by atoms with Crippen molar-refractivity contribution in [2.75, 3.05) is 7.05 Å². The Labute approximate surface area is 95.5 Å². The van der Waals surface area contributed by atoms with Gasteiger partial charge in [0.1, 0.15) is 6.04 Å². The van der Waals surface area contributed by atoms with Gasteiger partial charge in [-0.2, -0.15) is 0 Å². The van der Waals surface area contributed by atoms with Crippen LogP contribution in [0.5, 0.6) is 0 Å². The van der Waals surface area contributed by atoms with Gasteiger partial charge in [0.2, 0.25) is 0 Å². The van der Waals surface area contributed by atoms with Crippen molar-refractivity contribution in [3.8, 4) is 0 Å². The zero-order valence-corrected chi connectivity index (χ0v) is 10.4. The fraction of sp³-hybridized carbons (Fsp3) is 0.444. The van der Waals surface area contributed by atoms with Gasteiger partial charge in [0.25, 0.3) is 0 Å². The highest BCUT2D eigenvalue weighted by Gasteiger charge is 2.17. The minimum absolute atomic E-state index is 0.455. The molecule has 3 nitrogen and oxygen atoms in total. The molecule has 1 heterocycles. The van der Waals surface area contributed by atoms with Crippen LogP contribution in [0.4, 0.5) is 0 Å². The Bertz CT molecular complexity index is 326. The van der Waals surface area contributed by atoms with Gasteiger partial charge in [-0.15, -0.1) is 11.3 Å². The maximum absolute atomic E-state index is 10.7. The van der Waals surface area contributed by atoms with Crippen molar-refractivity contribution in [2.24, 2.45) is 0 Å². The summed E-state index contributed by atoms with van der Waals surface area (Å²) in [7, 11) is 1.81. The lowest BCUT2D eigenvalue weighted by molar-refractivity contribution is -0.142. The molecule has 1 aromatic heterocycles. The Kier molecular flexibility index (Phi) is 4.10. The van der Waals surface area contributed by atoms with Crippen molar-refractivity contribution in [3.63, 3.8) is 0 Å². The molecule has 0 bridgehead atoms. The molecule has 1 atom stereocenters. The standard InChI is InChI=1S/C9H12BrNO2S/c1-6(9(12)13)11(2)5-8-7(10)3-4-14-8/h3-4,6H,5H2,1-2H3,(H,12,13). The number of nitrogens with zero attached hydrogens (tertiary/aromatic N) is 1. The lowest BCUT2D eigenvalue weighted by atomic mass is 10.3. The molecule has 0 saturated heterocycles. The Hall–Kier alpha value is -0.390. The normalized spacial score (nSPS) is 13.1. The van der Waals surface area contributed by atoms with Crippen LogP contribution in [0.3, 0.4) is 0 Å². The van der Waals surface area contributed by atoms with Crippen LogP contribution in [-0.2, 0) is 11.3 Å². The Morgan fingerprint density at radius 2 is 2.43 bits per heavy atom. The lowest BCUT2D eigenvalue weighted by Crippen LogP contribution is -2.35. The number of halogens is 1. The molecule has 0 amide bonds. The predicted octanol–water partition coefficient (Wildman–Crippen LogP) is 2.42. The van der Waals surface area contributed by atoms with E-state index in [9.17, 15) is 4.79 Å². The highest BCUT2D eigenvalue weighted by Crippen LogP contribution is 2.24. The van der Waals surface area contributed by atoms with E-state index in [2.05, 4.69) is 15.9 Å². The van der Waals surface area contributed by atoms with Crippen LogP contribution in [0.15, 0.2) is 15.9 Å². The number of thiophene rings is 1. The molecule has 0 fully saturated rings. The highest BCUT2D eigenvalue weighted by molar-refractivity contribution is 9.10. The van der Waals surface area contributed by atoms with E-state index in [1.165, 1.54) is 0 Å². The van der Waals surface area contributed by atoms with E-state index in [0.29, 0.717) is 6.54 Å². The van der Waals surface area contributed by atoms with E-state index in [0.717, 1.165) is 9.35 Å². The highest BCUT2D eigenvalue weighted by atomic mass is 79.9. The fourth-order valence-corrected chi connectivity index (χ4v) is 2.53. The average molecular weight is 278 g/mol. The van der Waals surface area contributed by atoms with E-state index < -0.39 is 12.0 Å². The van der Waals surface area contributed by atoms with Crippen LogP contribution in [0, 0.1) is 0 Å². The maximum Gasteiger partial charge on any atom is 0.320 e. The number of likely N-dealkylation sites (N-methyl/N-ethyl adjacent to an activating group) is 1. The van der Waals surface area contributed by atoms with Gasteiger partial charge in [0, 0.05) is 15.9 Å². The molecule has 1 unspecified atom stereocenters. The van der Waals surface area contributed by atoms with Crippen LogP contribution in [-0.4, -0.2) is 29.1 Å². The van der Waals surface area contributed by atoms with Crippen molar-refractivity contribution in [1.29, 1.82) is 0 Å². The Morgan fingerprint density at radius 3 is 2.86 bits per heavy atom. The summed E-state index contributed by atoms with van der Waals surface area (Å²) >= 11 is 5.04. The van der Waals surface area contributed by atoms with E-state index in [1.54, 1.807) is 23.2 Å². The average Bonchev–Trinajstić information content (AvgIpc) is 2.50. The number of carboxylic acid groups (broad SMARTS) is 1. The summed E-state index contributed by atoms with van der Waals surface area (Å²) in [5.74, 6) is -0.792. The molecule has 1 rings (SSSR count). The molecule has 0 aliphatic carbocycles. The van der Waals surface area contributed by atoms with Crippen molar-refractivity contribution in [1.82, 2.24) is 4.90 Å². The summed E-state index contributed by atoms with van der Waals surface area (Å²) in [6.07, 6.45) is 0. The minimum atomic E-state index is -0.792. The van der Waals surface area contributed by atoms with Gasteiger partial charge >= 0.3 is 5.97 Å². The predicted molar refractivity (Wildman–Crippen MR) is 60.6 cm³/mol. The third-order valence-electron chi connectivity index (χ3n) is 2.10. The number of rotatable bonds is 4. The molecule has 0 spiro atoms. The summed E-state index contributed by atoms with van der Waals surface area (Å²) < 4.78 is 1.05. The molecule has 0 aromatic carbocycles. The monoisotopic (exact) mass is 277 g/mol. The molecular weight excluding hydrogens is 266 g/mol. The number of aliphatic carboxylic acids is 1. The van der Waals surface area contributed by atoms with Crippen LogP contribution in [0.25, 0.3) is 0 Å². The molecule has 0 saturated carbocycles. The number of hydrogen-bond acceptors (Lipinski definition) is 3. The van der Waals surface area contributed by atoms with Crippen molar-refractivity contribution < 1.29 is 9.90 Å². The zero-order valence-electron chi connectivity index (χ0n) is 8.03. The SMILES string of the molecule is CC(C(=O)O)N(C)Cc1sccc1Br. The Morgan fingerprint density at radius 1 is 1.79 bits per heavy atom. The van der Waals surface area contributed by atoms with Crippen molar-refractivity contribution in [3.05, 3.63) is 20.8 Å². The minimum Gasteiger partial charge on any atom is -0.480 e. The van der Waals surface area contributed by atoms with Gasteiger partial charge in [0.15, 0.2) is 0 Å². The number of carboxylic acids is 1. The van der Waals surface area contributed by atoms with Gasteiger partial charge in [-0.1, -0.05) is 0 Å². The second-order valence-corrected chi connectivity index (χ2v) is 4.98. The molecule has 5 heteroatoms. The van der Waals surface area contributed by atoms with E-state index in [-0.39, 0.29) is 0 Å². The van der Waals surface area contributed by atoms with E-state index in [4.69, 9.17) is 5.11 Å². The quantitative estimate of drug-likeness (QED) is 0.919. The molecule has 14 heavy (non-hydrogen) atoms. The van der Waals surface area contributed by atoms with Gasteiger partial charge < -0.3 is 5.11 Å². The summed E-state index contributed by atoms with van der Waals surface area (Å²) in [6.45, 7) is 2.34. The maximum atomic E-state index is 10.7. The fourth-order valence-electron chi connectivity index (χ4n) is 0.990. The van der Waals surface area contributed by atoms with Crippen LogP contribution >= 0.6 is 27.3 Å². The lowest BCUT2D eigenvalue weighted by Gasteiger charge is -2.20. The molecule has 0 aliphatic rings. The second kappa shape index (κ2) is 4.91. The van der Waals surface area contributed by atoms with E-state index in [1.807, 2.05) is 18.5 Å². The van der Waals surface area contributed by atoms with Crippen molar-refractivity contribution >= 4 is 33.2 Å². The summed E-state index contributed by atoms with van der Waals surface area (Å²) in [6, 6.07) is 1.52. The van der Waals surface area contributed by atoms with Crippen LogP contribution in [0.2, 0.25) is 0 Å². The topological polar surface area (TPSA) is 40.5 Å². The molecule has 1 aromatic rings. The first kappa shape index (κ1) is 11.7. The second-order valence-electron chi connectivity index (χ2n) is 3.12. The molecule has 78 valence electrons. The molecule has 0 aliphatic heterocycles. The zero-order chi connectivity index (χ0) is 10.7. The first-order valence-corrected chi connectivity index (χ1v) is 5.84. The van der Waals surface area contributed by atoms with Crippen LogP contribution in [0.1, 0.15) is 11.8 Å². The number of carbonyl (C=O) groups is 1.